The van der Waals surface area contributed by atoms with E-state index in [1.165, 1.54) is 0 Å². The zero-order valence-corrected chi connectivity index (χ0v) is 15.0. The second kappa shape index (κ2) is 6.85. The van der Waals surface area contributed by atoms with E-state index in [9.17, 15) is 14.7 Å². The molecule has 3 unspecified atom stereocenters. The SMILES string of the molecule is CN1CCN(CC(=O)c2ccc3c(c2)C2C=CCC2C(C(=O)O)N3)CC1. The van der Waals surface area contributed by atoms with Crippen LogP contribution >= 0.6 is 0 Å². The van der Waals surface area contributed by atoms with E-state index in [1.807, 2.05) is 18.2 Å². The summed E-state index contributed by atoms with van der Waals surface area (Å²) in [5.74, 6) is -0.590. The van der Waals surface area contributed by atoms with Gasteiger partial charge in [-0.3, -0.25) is 9.69 Å². The first-order valence-corrected chi connectivity index (χ1v) is 9.27. The number of benzene rings is 1. The van der Waals surface area contributed by atoms with Crippen LogP contribution in [-0.4, -0.2) is 72.5 Å². The van der Waals surface area contributed by atoms with Gasteiger partial charge in [-0.1, -0.05) is 12.2 Å². The van der Waals surface area contributed by atoms with Crippen LogP contribution < -0.4 is 5.32 Å². The van der Waals surface area contributed by atoms with Crippen molar-refractivity contribution in [3.05, 3.63) is 41.5 Å². The predicted octanol–water partition coefficient (Wildman–Crippen LogP) is 1.66. The number of likely N-dealkylation sites (N-methyl/N-ethyl adjacent to an activating group) is 1. The summed E-state index contributed by atoms with van der Waals surface area (Å²) in [6, 6.07) is 5.08. The number of allylic oxidation sites excluding steroid dienone is 2. The molecule has 3 aliphatic rings. The number of carbonyl (C=O) groups excluding carboxylic acids is 1. The van der Waals surface area contributed by atoms with E-state index in [-0.39, 0.29) is 17.6 Å². The summed E-state index contributed by atoms with van der Waals surface area (Å²) < 4.78 is 0. The van der Waals surface area contributed by atoms with Gasteiger partial charge in [-0.2, -0.15) is 0 Å². The van der Waals surface area contributed by atoms with Crippen molar-refractivity contribution in [2.24, 2.45) is 5.92 Å². The number of nitrogens with zero attached hydrogens (tertiary/aromatic N) is 2. The largest absolute Gasteiger partial charge is 0.480 e. The van der Waals surface area contributed by atoms with E-state index in [0.717, 1.165) is 49.4 Å². The fraction of sp³-hybridized carbons (Fsp3) is 0.500. The van der Waals surface area contributed by atoms with E-state index in [1.54, 1.807) is 0 Å². The molecule has 1 aliphatic carbocycles. The number of carboxylic acid groups (broad SMARTS) is 1. The summed E-state index contributed by atoms with van der Waals surface area (Å²) in [7, 11) is 2.10. The summed E-state index contributed by atoms with van der Waals surface area (Å²) in [4.78, 5) is 28.8. The maximum atomic E-state index is 12.8. The van der Waals surface area contributed by atoms with Gasteiger partial charge in [0.1, 0.15) is 6.04 Å². The first-order chi connectivity index (χ1) is 12.5. The molecule has 2 aliphatic heterocycles. The van der Waals surface area contributed by atoms with Gasteiger partial charge in [-0.25, -0.2) is 4.79 Å². The standard InChI is InChI=1S/C20H25N3O3/c1-22-7-9-23(10-8-22)12-18(24)13-5-6-17-16(11-13)14-3-2-4-15(14)19(21-17)20(25)26/h2-3,5-6,11,14-15,19,21H,4,7-10,12H2,1H3,(H,25,26). The highest BCUT2D eigenvalue weighted by Crippen LogP contribution is 2.44. The molecular formula is C20H25N3O3. The van der Waals surface area contributed by atoms with Gasteiger partial charge < -0.3 is 15.3 Å². The highest BCUT2D eigenvalue weighted by molar-refractivity contribution is 5.98. The monoisotopic (exact) mass is 355 g/mol. The molecule has 0 aromatic heterocycles. The zero-order valence-electron chi connectivity index (χ0n) is 15.0. The van der Waals surface area contributed by atoms with Crippen LogP contribution in [0.15, 0.2) is 30.4 Å². The number of rotatable bonds is 4. The molecule has 1 aromatic carbocycles. The molecule has 0 saturated carbocycles. The van der Waals surface area contributed by atoms with Gasteiger partial charge in [0.05, 0.1) is 6.54 Å². The smallest absolute Gasteiger partial charge is 0.326 e. The molecule has 6 heteroatoms. The van der Waals surface area contributed by atoms with E-state index in [0.29, 0.717) is 6.54 Å². The van der Waals surface area contributed by atoms with Gasteiger partial charge in [0.25, 0.3) is 0 Å². The summed E-state index contributed by atoms with van der Waals surface area (Å²) in [6.07, 6.45) is 4.91. The quantitative estimate of drug-likeness (QED) is 0.632. The van der Waals surface area contributed by atoms with Crippen molar-refractivity contribution >= 4 is 17.4 Å². The molecule has 1 fully saturated rings. The van der Waals surface area contributed by atoms with E-state index < -0.39 is 12.0 Å². The minimum absolute atomic E-state index is 0.0167. The van der Waals surface area contributed by atoms with Crippen LogP contribution in [0.25, 0.3) is 0 Å². The number of nitrogens with one attached hydrogen (secondary N) is 1. The lowest BCUT2D eigenvalue weighted by Gasteiger charge is -2.35. The number of carbonyl (C=O) groups is 2. The molecule has 0 radical (unpaired) electrons. The Morgan fingerprint density at radius 2 is 2.00 bits per heavy atom. The van der Waals surface area contributed by atoms with Gasteiger partial charge in [0.2, 0.25) is 0 Å². The third kappa shape index (κ3) is 3.15. The lowest BCUT2D eigenvalue weighted by atomic mass is 9.78. The van der Waals surface area contributed by atoms with Crippen LogP contribution in [0.2, 0.25) is 0 Å². The Labute approximate surface area is 153 Å². The second-order valence-electron chi connectivity index (χ2n) is 7.62. The number of carboxylic acids is 1. The highest BCUT2D eigenvalue weighted by atomic mass is 16.4. The number of hydrogen-bond donors (Lipinski definition) is 2. The van der Waals surface area contributed by atoms with Crippen LogP contribution in [0, 0.1) is 5.92 Å². The van der Waals surface area contributed by atoms with Crippen molar-refractivity contribution in [1.82, 2.24) is 9.80 Å². The van der Waals surface area contributed by atoms with Crippen LogP contribution in [0.3, 0.4) is 0 Å². The van der Waals surface area contributed by atoms with Crippen molar-refractivity contribution < 1.29 is 14.7 Å². The molecule has 0 spiro atoms. The summed E-state index contributed by atoms with van der Waals surface area (Å²) >= 11 is 0. The molecule has 2 N–H and O–H groups in total. The number of Topliss-reactive ketones (excluding diaryl/α,β-unsaturated/α-hetero) is 1. The molecule has 26 heavy (non-hydrogen) atoms. The number of aliphatic carboxylic acids is 1. The molecule has 138 valence electrons. The van der Waals surface area contributed by atoms with Gasteiger partial charge >= 0.3 is 5.97 Å². The number of anilines is 1. The Bertz CT molecular complexity index is 753. The molecular weight excluding hydrogens is 330 g/mol. The van der Waals surface area contributed by atoms with Crippen molar-refractivity contribution in [3.63, 3.8) is 0 Å². The van der Waals surface area contributed by atoms with E-state index in [4.69, 9.17) is 0 Å². The van der Waals surface area contributed by atoms with E-state index in [2.05, 4.69) is 34.3 Å². The van der Waals surface area contributed by atoms with Gasteiger partial charge in [0.15, 0.2) is 5.78 Å². The van der Waals surface area contributed by atoms with Crippen molar-refractivity contribution in [2.75, 3.05) is 45.1 Å². The fourth-order valence-electron chi connectivity index (χ4n) is 4.31. The topological polar surface area (TPSA) is 72.9 Å². The minimum atomic E-state index is -0.815. The lowest BCUT2D eigenvalue weighted by Crippen LogP contribution is -2.46. The maximum absolute atomic E-state index is 12.8. The third-order valence-corrected chi connectivity index (χ3v) is 5.91. The number of hydrogen-bond acceptors (Lipinski definition) is 5. The molecule has 1 aromatic rings. The summed E-state index contributed by atoms with van der Waals surface area (Å²) in [5.41, 5.74) is 2.60. The fourth-order valence-corrected chi connectivity index (χ4v) is 4.31. The minimum Gasteiger partial charge on any atom is -0.480 e. The molecule has 0 amide bonds. The zero-order chi connectivity index (χ0) is 18.3. The van der Waals surface area contributed by atoms with Crippen molar-refractivity contribution in [3.8, 4) is 0 Å². The Morgan fingerprint density at radius 1 is 1.23 bits per heavy atom. The van der Waals surface area contributed by atoms with Gasteiger partial charge in [0, 0.05) is 49.3 Å². The summed E-state index contributed by atoms with van der Waals surface area (Å²) in [6.45, 7) is 4.27. The Hall–Kier alpha value is -2.18. The van der Waals surface area contributed by atoms with E-state index >= 15 is 0 Å². The summed E-state index contributed by atoms with van der Waals surface area (Å²) in [5, 5.41) is 12.7. The third-order valence-electron chi connectivity index (χ3n) is 5.91. The van der Waals surface area contributed by atoms with Crippen LogP contribution in [-0.2, 0) is 4.79 Å². The first kappa shape index (κ1) is 17.2. The molecule has 2 heterocycles. The highest BCUT2D eigenvalue weighted by Gasteiger charge is 2.40. The molecule has 3 atom stereocenters. The Balaban J connectivity index is 1.54. The average molecular weight is 355 g/mol. The number of ketones is 1. The second-order valence-corrected chi connectivity index (χ2v) is 7.62. The van der Waals surface area contributed by atoms with Crippen LogP contribution in [0.1, 0.15) is 28.3 Å². The number of piperazine rings is 1. The number of fused-ring (bicyclic) bond motifs is 3. The van der Waals surface area contributed by atoms with Crippen molar-refractivity contribution in [1.29, 1.82) is 0 Å². The molecule has 1 saturated heterocycles. The maximum Gasteiger partial charge on any atom is 0.326 e. The van der Waals surface area contributed by atoms with Crippen LogP contribution in [0.4, 0.5) is 5.69 Å². The lowest BCUT2D eigenvalue weighted by molar-refractivity contribution is -0.139. The molecule has 6 nitrogen and oxygen atoms in total. The average Bonchev–Trinajstić information content (AvgIpc) is 3.12. The molecule has 4 rings (SSSR count). The molecule has 0 bridgehead atoms. The van der Waals surface area contributed by atoms with Gasteiger partial charge in [-0.15, -0.1) is 0 Å². The Morgan fingerprint density at radius 3 is 2.73 bits per heavy atom. The predicted molar refractivity (Wildman–Crippen MR) is 99.7 cm³/mol. The Kier molecular flexibility index (Phi) is 4.54. The van der Waals surface area contributed by atoms with Crippen LogP contribution in [0.5, 0.6) is 0 Å². The van der Waals surface area contributed by atoms with Gasteiger partial charge in [-0.05, 0) is 37.2 Å². The first-order valence-electron chi connectivity index (χ1n) is 9.27. The van der Waals surface area contributed by atoms with Crippen molar-refractivity contribution in [2.45, 2.75) is 18.4 Å². The normalized spacial score (nSPS) is 28.3.